The second-order valence-electron chi connectivity index (χ2n) is 5.91. The topological polar surface area (TPSA) is 29.5 Å². The lowest BCUT2D eigenvalue weighted by molar-refractivity contribution is 0.0491. The van der Waals surface area contributed by atoms with Gasteiger partial charge in [-0.15, -0.1) is 0 Å². The molecular weight excluding hydrogens is 243 g/mol. The molecule has 1 aliphatic carbocycles. The molecule has 2 aliphatic rings. The molecule has 0 saturated heterocycles. The van der Waals surface area contributed by atoms with Crippen LogP contribution < -0.4 is 4.74 Å². The van der Waals surface area contributed by atoms with Gasteiger partial charge in [-0.25, -0.2) is 4.39 Å². The Morgan fingerprint density at radius 1 is 1.21 bits per heavy atom. The van der Waals surface area contributed by atoms with Gasteiger partial charge >= 0.3 is 0 Å². The Hall–Kier alpha value is -1.09. The molecular formula is C16H21FO2. The summed E-state index contributed by atoms with van der Waals surface area (Å²) < 4.78 is 19.1. The highest BCUT2D eigenvalue weighted by Gasteiger charge is 2.29. The highest BCUT2D eigenvalue weighted by atomic mass is 19.1. The summed E-state index contributed by atoms with van der Waals surface area (Å²) in [5.41, 5.74) is 0.723. The van der Waals surface area contributed by atoms with Crippen LogP contribution in [0.25, 0.3) is 0 Å². The minimum atomic E-state index is -0.516. The molecule has 104 valence electrons. The van der Waals surface area contributed by atoms with Crippen LogP contribution in [0.1, 0.15) is 56.6 Å². The maximum Gasteiger partial charge on any atom is 0.128 e. The van der Waals surface area contributed by atoms with Crippen molar-refractivity contribution in [1.29, 1.82) is 0 Å². The molecule has 1 saturated carbocycles. The van der Waals surface area contributed by atoms with Crippen LogP contribution in [0.2, 0.25) is 0 Å². The molecule has 1 heterocycles. The van der Waals surface area contributed by atoms with E-state index in [0.717, 1.165) is 12.0 Å². The maximum atomic E-state index is 13.2. The van der Waals surface area contributed by atoms with E-state index in [1.165, 1.54) is 44.2 Å². The van der Waals surface area contributed by atoms with E-state index in [1.807, 2.05) is 0 Å². The number of aliphatic hydroxyl groups is 1. The van der Waals surface area contributed by atoms with E-state index in [0.29, 0.717) is 18.1 Å². The molecule has 0 spiro atoms. The molecule has 2 atom stereocenters. The van der Waals surface area contributed by atoms with Crippen molar-refractivity contribution in [2.45, 2.75) is 57.2 Å². The molecule has 3 rings (SSSR count). The van der Waals surface area contributed by atoms with E-state index in [4.69, 9.17) is 4.74 Å². The number of aliphatic hydroxyl groups excluding tert-OH is 1. The molecule has 1 unspecified atom stereocenters. The fourth-order valence-corrected chi connectivity index (χ4v) is 3.43. The normalized spacial score (nSPS) is 27.7. The predicted octanol–water partition coefficient (Wildman–Crippen LogP) is 3.98. The second-order valence-corrected chi connectivity index (χ2v) is 5.91. The summed E-state index contributed by atoms with van der Waals surface area (Å²) in [6, 6.07) is 4.41. The Balaban J connectivity index is 1.69. The average molecular weight is 264 g/mol. The Labute approximate surface area is 113 Å². The lowest BCUT2D eigenvalue weighted by atomic mass is 9.83. The van der Waals surface area contributed by atoms with Crippen molar-refractivity contribution >= 4 is 0 Å². The maximum absolute atomic E-state index is 13.2. The highest BCUT2D eigenvalue weighted by molar-refractivity contribution is 5.37. The van der Waals surface area contributed by atoms with E-state index in [2.05, 4.69) is 0 Å². The second kappa shape index (κ2) is 5.49. The highest BCUT2D eigenvalue weighted by Crippen LogP contribution is 2.38. The van der Waals surface area contributed by atoms with Gasteiger partial charge in [0.2, 0.25) is 0 Å². The van der Waals surface area contributed by atoms with Crippen LogP contribution >= 0.6 is 0 Å². The number of hydrogen-bond acceptors (Lipinski definition) is 2. The molecule has 1 aromatic rings. The Bertz CT molecular complexity index is 440. The summed E-state index contributed by atoms with van der Waals surface area (Å²) in [5.74, 6) is 0.935. The smallest absolute Gasteiger partial charge is 0.128 e. The van der Waals surface area contributed by atoms with Gasteiger partial charge in [0.25, 0.3) is 0 Å². The van der Waals surface area contributed by atoms with Gasteiger partial charge in [0.15, 0.2) is 0 Å². The first-order valence-electron chi connectivity index (χ1n) is 7.36. The minimum Gasteiger partial charge on any atom is -0.490 e. The van der Waals surface area contributed by atoms with Crippen LogP contribution in [0.15, 0.2) is 18.2 Å². The van der Waals surface area contributed by atoms with Crippen molar-refractivity contribution in [3.8, 4) is 5.75 Å². The molecule has 19 heavy (non-hydrogen) atoms. The minimum absolute atomic E-state index is 0.0346. The summed E-state index contributed by atoms with van der Waals surface area (Å²) in [6.45, 7) is 0. The quantitative estimate of drug-likeness (QED) is 0.875. The van der Waals surface area contributed by atoms with Crippen molar-refractivity contribution in [3.05, 3.63) is 29.6 Å². The lowest BCUT2D eigenvalue weighted by Gasteiger charge is -2.33. The summed E-state index contributed by atoms with van der Waals surface area (Å²) in [5, 5.41) is 10.1. The number of benzene rings is 1. The Kier molecular flexibility index (Phi) is 3.74. The summed E-state index contributed by atoms with van der Waals surface area (Å²) in [7, 11) is 0. The summed E-state index contributed by atoms with van der Waals surface area (Å²) in [4.78, 5) is 0. The fourth-order valence-electron chi connectivity index (χ4n) is 3.43. The van der Waals surface area contributed by atoms with E-state index in [-0.39, 0.29) is 11.9 Å². The molecule has 2 nitrogen and oxygen atoms in total. The van der Waals surface area contributed by atoms with Gasteiger partial charge in [-0.3, -0.25) is 0 Å². The van der Waals surface area contributed by atoms with Crippen LogP contribution in [0, 0.1) is 11.7 Å². The van der Waals surface area contributed by atoms with E-state index < -0.39 is 6.10 Å². The molecule has 1 N–H and O–H groups in total. The number of fused-ring (bicyclic) bond motifs is 1. The van der Waals surface area contributed by atoms with Crippen molar-refractivity contribution in [3.63, 3.8) is 0 Å². The Morgan fingerprint density at radius 2 is 2.00 bits per heavy atom. The van der Waals surface area contributed by atoms with E-state index >= 15 is 0 Å². The Morgan fingerprint density at radius 3 is 2.79 bits per heavy atom. The number of hydrogen-bond donors (Lipinski definition) is 1. The van der Waals surface area contributed by atoms with Crippen molar-refractivity contribution in [2.24, 2.45) is 5.92 Å². The molecule has 0 aromatic heterocycles. The van der Waals surface area contributed by atoms with Gasteiger partial charge in [0, 0.05) is 18.1 Å². The first-order chi connectivity index (χ1) is 9.22. The zero-order chi connectivity index (χ0) is 13.2. The summed E-state index contributed by atoms with van der Waals surface area (Å²) in [6.07, 6.45) is 7.65. The standard InChI is InChI=1S/C16H21FO2/c17-12-6-7-14-15(18)10-13(19-16(14)9-12)8-11-4-2-1-3-5-11/h6-7,9,11,13,15,18H,1-5,8,10H2/t13?,15-/m0/s1. The summed E-state index contributed by atoms with van der Waals surface area (Å²) >= 11 is 0. The largest absolute Gasteiger partial charge is 0.490 e. The number of rotatable bonds is 2. The van der Waals surface area contributed by atoms with E-state index in [9.17, 15) is 9.50 Å². The van der Waals surface area contributed by atoms with Crippen LogP contribution in [0.4, 0.5) is 4.39 Å². The van der Waals surface area contributed by atoms with Crippen LogP contribution in [0.3, 0.4) is 0 Å². The monoisotopic (exact) mass is 264 g/mol. The van der Waals surface area contributed by atoms with Gasteiger partial charge in [0.05, 0.1) is 6.10 Å². The number of ether oxygens (including phenoxy) is 1. The first-order valence-corrected chi connectivity index (χ1v) is 7.36. The lowest BCUT2D eigenvalue weighted by Crippen LogP contribution is -2.28. The average Bonchev–Trinajstić information content (AvgIpc) is 2.39. The van der Waals surface area contributed by atoms with Gasteiger partial charge in [0.1, 0.15) is 17.7 Å². The molecule has 1 fully saturated rings. The van der Waals surface area contributed by atoms with Gasteiger partial charge in [-0.05, 0) is 24.5 Å². The molecule has 0 amide bonds. The molecule has 3 heteroatoms. The fraction of sp³-hybridized carbons (Fsp3) is 0.625. The zero-order valence-electron chi connectivity index (χ0n) is 11.1. The number of halogens is 1. The SMILES string of the molecule is O[C@H]1CC(CC2CCCCC2)Oc2cc(F)ccc21. The predicted molar refractivity (Wildman–Crippen MR) is 71.6 cm³/mol. The van der Waals surface area contributed by atoms with Crippen LogP contribution in [-0.4, -0.2) is 11.2 Å². The third kappa shape index (κ3) is 2.92. The van der Waals surface area contributed by atoms with Gasteiger partial charge in [-0.2, -0.15) is 0 Å². The van der Waals surface area contributed by atoms with Crippen LogP contribution in [0.5, 0.6) is 5.75 Å². The van der Waals surface area contributed by atoms with Gasteiger partial charge < -0.3 is 9.84 Å². The molecule has 1 aliphatic heterocycles. The van der Waals surface area contributed by atoms with E-state index in [1.54, 1.807) is 6.07 Å². The van der Waals surface area contributed by atoms with Gasteiger partial charge in [-0.1, -0.05) is 32.1 Å². The van der Waals surface area contributed by atoms with Crippen molar-refractivity contribution in [2.75, 3.05) is 0 Å². The van der Waals surface area contributed by atoms with Crippen molar-refractivity contribution < 1.29 is 14.2 Å². The zero-order valence-corrected chi connectivity index (χ0v) is 11.1. The molecule has 1 aromatic carbocycles. The third-order valence-electron chi connectivity index (χ3n) is 4.44. The molecule has 0 bridgehead atoms. The van der Waals surface area contributed by atoms with Crippen molar-refractivity contribution in [1.82, 2.24) is 0 Å². The van der Waals surface area contributed by atoms with Crippen LogP contribution in [-0.2, 0) is 0 Å². The molecule has 0 radical (unpaired) electrons. The third-order valence-corrected chi connectivity index (χ3v) is 4.44. The first kappa shape index (κ1) is 12.9.